The molecular weight excluding hydrogens is 218 g/mol. The van der Waals surface area contributed by atoms with Gasteiger partial charge in [-0.3, -0.25) is 0 Å². The highest BCUT2D eigenvalue weighted by Crippen LogP contribution is 2.41. The van der Waals surface area contributed by atoms with Crippen molar-refractivity contribution in [3.05, 3.63) is 17.5 Å². The lowest BCUT2D eigenvalue weighted by Gasteiger charge is -2.26. The first-order valence-electron chi connectivity index (χ1n) is 5.75. The molecule has 0 spiro atoms. The molecule has 92 valence electrons. The van der Waals surface area contributed by atoms with Gasteiger partial charge in [-0.15, -0.1) is 0 Å². The van der Waals surface area contributed by atoms with E-state index in [1.54, 1.807) is 6.92 Å². The van der Waals surface area contributed by atoms with Crippen LogP contribution < -0.4 is 5.32 Å². The minimum atomic E-state index is -0.958. The van der Waals surface area contributed by atoms with Crippen LogP contribution in [0.5, 0.6) is 0 Å². The average molecular weight is 235 g/mol. The van der Waals surface area contributed by atoms with E-state index in [0.717, 1.165) is 24.2 Å². The summed E-state index contributed by atoms with van der Waals surface area (Å²) in [6.07, 6.45) is 1.89. The maximum absolute atomic E-state index is 11.4. The second-order valence-corrected chi connectivity index (χ2v) is 4.88. The van der Waals surface area contributed by atoms with Crippen molar-refractivity contribution in [3.63, 3.8) is 0 Å². The predicted molar refractivity (Wildman–Crippen MR) is 63.9 cm³/mol. The van der Waals surface area contributed by atoms with Crippen molar-refractivity contribution in [2.24, 2.45) is 5.92 Å². The molecule has 1 aromatic rings. The van der Waals surface area contributed by atoms with E-state index in [9.17, 15) is 9.90 Å². The molecule has 1 aromatic heterocycles. The monoisotopic (exact) mass is 235 g/mol. The van der Waals surface area contributed by atoms with Gasteiger partial charge in [0.15, 0.2) is 0 Å². The number of nitrogens with one attached hydrogen (secondary N) is 1. The largest absolute Gasteiger partial charge is 0.480 e. The van der Waals surface area contributed by atoms with Gasteiger partial charge in [0.25, 0.3) is 0 Å². The number of aromatic nitrogens is 2. The molecule has 0 aromatic carbocycles. The standard InChI is InChI=1S/C12H17N3O2/c1-7-6-8(2)14-11(13-7)15-12(3,10(16)17)9-4-5-9/h6,9H,4-5H2,1-3H3,(H,16,17)(H,13,14,15). The van der Waals surface area contributed by atoms with Crippen molar-refractivity contribution < 1.29 is 9.90 Å². The van der Waals surface area contributed by atoms with Crippen LogP contribution in [-0.4, -0.2) is 26.6 Å². The third-order valence-electron chi connectivity index (χ3n) is 3.19. The predicted octanol–water partition coefficient (Wildman–Crippen LogP) is 1.76. The van der Waals surface area contributed by atoms with Crippen LogP contribution in [0.3, 0.4) is 0 Å². The fraction of sp³-hybridized carbons (Fsp3) is 0.583. The molecule has 5 nitrogen and oxygen atoms in total. The topological polar surface area (TPSA) is 75.1 Å². The fourth-order valence-electron chi connectivity index (χ4n) is 2.00. The third kappa shape index (κ3) is 2.38. The number of aryl methyl sites for hydroxylation is 2. The van der Waals surface area contributed by atoms with Crippen molar-refractivity contribution in [1.29, 1.82) is 0 Å². The highest BCUT2D eigenvalue weighted by molar-refractivity contribution is 5.82. The SMILES string of the molecule is Cc1cc(C)nc(NC(C)(C(=O)O)C2CC2)n1. The zero-order chi connectivity index (χ0) is 12.6. The van der Waals surface area contributed by atoms with Crippen molar-refractivity contribution in [3.8, 4) is 0 Å². The minimum absolute atomic E-state index is 0.171. The van der Waals surface area contributed by atoms with Gasteiger partial charge in [0.1, 0.15) is 5.54 Å². The summed E-state index contributed by atoms with van der Waals surface area (Å²) in [4.78, 5) is 19.8. The highest BCUT2D eigenvalue weighted by atomic mass is 16.4. The van der Waals surface area contributed by atoms with Gasteiger partial charge in [-0.1, -0.05) is 0 Å². The lowest BCUT2D eigenvalue weighted by molar-refractivity contribution is -0.142. The summed E-state index contributed by atoms with van der Waals surface area (Å²) in [5.41, 5.74) is 0.715. The molecule has 1 saturated carbocycles. The minimum Gasteiger partial charge on any atom is -0.480 e. The lowest BCUT2D eigenvalue weighted by atomic mass is 9.96. The molecule has 2 N–H and O–H groups in total. The van der Waals surface area contributed by atoms with Crippen LogP contribution in [0.25, 0.3) is 0 Å². The Labute approximate surface area is 100 Å². The van der Waals surface area contributed by atoms with Crippen molar-refractivity contribution in [2.45, 2.75) is 39.2 Å². The van der Waals surface area contributed by atoms with Gasteiger partial charge in [0.2, 0.25) is 5.95 Å². The van der Waals surface area contributed by atoms with Crippen LogP contribution in [0.4, 0.5) is 5.95 Å². The van der Waals surface area contributed by atoms with E-state index in [-0.39, 0.29) is 5.92 Å². The summed E-state index contributed by atoms with van der Waals surface area (Å²) < 4.78 is 0. The molecule has 1 aliphatic carbocycles. The molecule has 17 heavy (non-hydrogen) atoms. The van der Waals surface area contributed by atoms with Crippen LogP contribution in [0, 0.1) is 19.8 Å². The molecule has 0 radical (unpaired) electrons. The van der Waals surface area contributed by atoms with E-state index in [1.807, 2.05) is 19.9 Å². The Hall–Kier alpha value is -1.65. The van der Waals surface area contributed by atoms with Gasteiger partial charge in [-0.2, -0.15) is 0 Å². The third-order valence-corrected chi connectivity index (χ3v) is 3.19. The maximum atomic E-state index is 11.4. The molecule has 0 amide bonds. The number of carboxylic acids is 1. The molecule has 1 atom stereocenters. The van der Waals surface area contributed by atoms with E-state index in [2.05, 4.69) is 15.3 Å². The fourth-order valence-corrected chi connectivity index (χ4v) is 2.00. The molecule has 0 saturated heterocycles. The van der Waals surface area contributed by atoms with E-state index in [4.69, 9.17) is 0 Å². The van der Waals surface area contributed by atoms with Crippen LogP contribution in [0.2, 0.25) is 0 Å². The van der Waals surface area contributed by atoms with E-state index in [1.165, 1.54) is 0 Å². The average Bonchev–Trinajstić information content (AvgIpc) is 2.97. The quantitative estimate of drug-likeness (QED) is 0.831. The normalized spacial score (nSPS) is 18.5. The van der Waals surface area contributed by atoms with E-state index >= 15 is 0 Å². The number of nitrogens with zero attached hydrogens (tertiary/aromatic N) is 2. The van der Waals surface area contributed by atoms with Gasteiger partial charge in [-0.25, -0.2) is 14.8 Å². The summed E-state index contributed by atoms with van der Waals surface area (Å²) in [5, 5.41) is 12.3. The number of aliphatic carboxylic acids is 1. The van der Waals surface area contributed by atoms with E-state index in [0.29, 0.717) is 5.95 Å². The van der Waals surface area contributed by atoms with Gasteiger partial charge in [-0.05, 0) is 45.6 Å². The van der Waals surface area contributed by atoms with Crippen molar-refractivity contribution >= 4 is 11.9 Å². The van der Waals surface area contributed by atoms with Crippen LogP contribution >= 0.6 is 0 Å². The molecular formula is C12H17N3O2. The smallest absolute Gasteiger partial charge is 0.329 e. The lowest BCUT2D eigenvalue weighted by Crippen LogP contribution is -2.46. The Balaban J connectivity index is 2.26. The van der Waals surface area contributed by atoms with Crippen LogP contribution in [0.15, 0.2) is 6.07 Å². The Morgan fingerprint density at radius 3 is 2.35 bits per heavy atom. The van der Waals surface area contributed by atoms with Crippen molar-refractivity contribution in [2.75, 3.05) is 5.32 Å². The summed E-state index contributed by atoms with van der Waals surface area (Å²) in [6.45, 7) is 5.44. The zero-order valence-electron chi connectivity index (χ0n) is 10.3. The molecule has 1 heterocycles. The highest BCUT2D eigenvalue weighted by Gasteiger charge is 2.48. The van der Waals surface area contributed by atoms with Crippen LogP contribution in [0.1, 0.15) is 31.2 Å². The molecule has 1 aliphatic rings. The molecule has 2 rings (SSSR count). The second-order valence-electron chi connectivity index (χ2n) is 4.88. The van der Waals surface area contributed by atoms with E-state index < -0.39 is 11.5 Å². The van der Waals surface area contributed by atoms with Gasteiger partial charge in [0.05, 0.1) is 0 Å². The molecule has 1 unspecified atom stereocenters. The molecule has 0 aliphatic heterocycles. The number of anilines is 1. The summed E-state index contributed by atoms with van der Waals surface area (Å²) in [5.74, 6) is -0.272. The second kappa shape index (κ2) is 3.98. The Kier molecular flexibility index (Phi) is 2.77. The number of hydrogen-bond acceptors (Lipinski definition) is 4. The first kappa shape index (κ1) is 11.8. The summed E-state index contributed by atoms with van der Waals surface area (Å²) in [7, 11) is 0. The van der Waals surface area contributed by atoms with Gasteiger partial charge < -0.3 is 10.4 Å². The maximum Gasteiger partial charge on any atom is 0.329 e. The summed E-state index contributed by atoms with van der Waals surface area (Å²) in [6, 6.07) is 1.86. The Bertz CT molecular complexity index is 437. The first-order chi connectivity index (χ1) is 7.91. The van der Waals surface area contributed by atoms with Gasteiger partial charge in [0, 0.05) is 11.4 Å². The first-order valence-corrected chi connectivity index (χ1v) is 5.75. The Morgan fingerprint density at radius 1 is 1.41 bits per heavy atom. The Morgan fingerprint density at radius 2 is 1.94 bits per heavy atom. The van der Waals surface area contributed by atoms with Gasteiger partial charge >= 0.3 is 5.97 Å². The number of carboxylic acid groups (broad SMARTS) is 1. The van der Waals surface area contributed by atoms with Crippen molar-refractivity contribution in [1.82, 2.24) is 9.97 Å². The number of hydrogen-bond donors (Lipinski definition) is 2. The molecule has 0 bridgehead atoms. The molecule has 5 heteroatoms. The number of carbonyl (C=O) groups is 1. The number of rotatable bonds is 4. The summed E-state index contributed by atoms with van der Waals surface area (Å²) >= 11 is 0. The molecule has 1 fully saturated rings. The van der Waals surface area contributed by atoms with Crippen LogP contribution in [-0.2, 0) is 4.79 Å². The zero-order valence-corrected chi connectivity index (χ0v) is 10.3.